The third-order valence-corrected chi connectivity index (χ3v) is 8.39. The number of benzene rings is 5. The third kappa shape index (κ3) is 3.72. The summed E-state index contributed by atoms with van der Waals surface area (Å²) < 4.78 is 2.29. The van der Waals surface area contributed by atoms with Crippen molar-refractivity contribution in [3.05, 3.63) is 127 Å². The number of aryl methyl sites for hydroxylation is 2. The maximum absolute atomic E-state index is 2.45. The molecular weight excluding hydrogens is 470 g/mol. The molecular formula is C38H32N+. The number of pyridine rings is 1. The van der Waals surface area contributed by atoms with Crippen LogP contribution in [0.15, 0.2) is 115 Å². The minimum absolute atomic E-state index is 0.480. The lowest BCUT2D eigenvalue weighted by molar-refractivity contribution is -0.659. The second kappa shape index (κ2) is 9.06. The zero-order chi connectivity index (χ0) is 26.7. The van der Waals surface area contributed by atoms with Crippen molar-refractivity contribution in [3.63, 3.8) is 0 Å². The molecule has 1 aliphatic carbocycles. The van der Waals surface area contributed by atoms with E-state index in [0.717, 1.165) is 0 Å². The van der Waals surface area contributed by atoms with E-state index in [-0.39, 0.29) is 0 Å². The van der Waals surface area contributed by atoms with Gasteiger partial charge in [0.25, 0.3) is 0 Å². The Labute approximate surface area is 231 Å². The van der Waals surface area contributed by atoms with Crippen molar-refractivity contribution < 1.29 is 4.57 Å². The molecule has 0 fully saturated rings. The summed E-state index contributed by atoms with van der Waals surface area (Å²) in [6.45, 7) is 6.81. The monoisotopic (exact) mass is 502 g/mol. The number of hydrogen-bond acceptors (Lipinski definition) is 0. The highest BCUT2D eigenvalue weighted by Crippen LogP contribution is 2.49. The van der Waals surface area contributed by atoms with Gasteiger partial charge in [0, 0.05) is 6.07 Å². The summed E-state index contributed by atoms with van der Waals surface area (Å²) in [5, 5.41) is 2.58. The number of nitrogens with zero attached hydrogens (tertiary/aromatic N) is 1. The number of aromatic nitrogens is 1. The molecule has 6 aromatic rings. The quantitative estimate of drug-likeness (QED) is 0.207. The molecule has 0 radical (unpaired) electrons. The number of hydrogen-bond donors (Lipinski definition) is 0. The molecule has 0 saturated heterocycles. The lowest BCUT2D eigenvalue weighted by Crippen LogP contribution is -2.30. The summed E-state index contributed by atoms with van der Waals surface area (Å²) in [5.74, 6) is 0.480. The van der Waals surface area contributed by atoms with Crippen LogP contribution in [0.3, 0.4) is 0 Å². The average molecular weight is 503 g/mol. The molecule has 1 nitrogen and oxygen atoms in total. The van der Waals surface area contributed by atoms with Crippen molar-refractivity contribution in [1.29, 1.82) is 0 Å². The van der Waals surface area contributed by atoms with Gasteiger partial charge in [0.15, 0.2) is 6.20 Å². The smallest absolute Gasteiger partial charge is 0.200 e. The Hall–Kier alpha value is -4.49. The van der Waals surface area contributed by atoms with E-state index in [1.165, 1.54) is 77.7 Å². The lowest BCUT2D eigenvalue weighted by Gasteiger charge is -2.24. The van der Waals surface area contributed by atoms with E-state index >= 15 is 0 Å². The predicted molar refractivity (Wildman–Crippen MR) is 165 cm³/mol. The standard InChI is InChI=1S/C38H32N/c1-24(2)27-18-17-26-19-20-39(4)38(35(26)22-27)34-23-37-33-16-10-8-14-31(33)29-12-6-5-11-28(29)30-13-7-9-15-32(30)36(37)21-25(34)3/h5-24H,1-4H3/q+1. The summed E-state index contributed by atoms with van der Waals surface area (Å²) in [6, 6.07) is 40.7. The van der Waals surface area contributed by atoms with Gasteiger partial charge in [-0.2, -0.15) is 0 Å². The van der Waals surface area contributed by atoms with Crippen LogP contribution in [0.1, 0.15) is 30.9 Å². The van der Waals surface area contributed by atoms with Gasteiger partial charge < -0.3 is 0 Å². The SMILES string of the molecule is Cc1cc2c(cc1-c1c3cc(C(C)C)ccc3cc[n+]1C)-c1ccccc1-c1ccccc1-c1ccccc1-2. The van der Waals surface area contributed by atoms with Crippen LogP contribution in [0.2, 0.25) is 0 Å². The first-order valence-electron chi connectivity index (χ1n) is 13.9. The first-order valence-corrected chi connectivity index (χ1v) is 13.9. The van der Waals surface area contributed by atoms with Crippen LogP contribution >= 0.6 is 0 Å². The fraction of sp³-hybridized carbons (Fsp3) is 0.132. The largest absolute Gasteiger partial charge is 0.220 e. The molecule has 0 amide bonds. The Morgan fingerprint density at radius 1 is 0.513 bits per heavy atom. The minimum atomic E-state index is 0.480. The predicted octanol–water partition coefficient (Wildman–Crippen LogP) is 9.74. The zero-order valence-electron chi connectivity index (χ0n) is 23.0. The van der Waals surface area contributed by atoms with Crippen molar-refractivity contribution in [2.24, 2.45) is 7.05 Å². The highest BCUT2D eigenvalue weighted by Gasteiger charge is 2.25. The third-order valence-electron chi connectivity index (χ3n) is 8.39. The molecule has 1 aromatic heterocycles. The molecule has 1 heterocycles. The molecule has 7 rings (SSSR count). The van der Waals surface area contributed by atoms with Gasteiger partial charge in [0.2, 0.25) is 5.69 Å². The summed E-state index contributed by atoms with van der Waals surface area (Å²) in [7, 11) is 2.17. The highest BCUT2D eigenvalue weighted by molar-refractivity contribution is 6.05. The molecule has 188 valence electrons. The molecule has 5 aromatic carbocycles. The van der Waals surface area contributed by atoms with Gasteiger partial charge in [0.1, 0.15) is 7.05 Å². The van der Waals surface area contributed by atoms with Gasteiger partial charge in [-0.05, 0) is 92.1 Å². The maximum Gasteiger partial charge on any atom is 0.220 e. The molecule has 0 spiro atoms. The van der Waals surface area contributed by atoms with Gasteiger partial charge in [0.05, 0.1) is 10.9 Å². The van der Waals surface area contributed by atoms with Crippen molar-refractivity contribution in [2.45, 2.75) is 26.7 Å². The van der Waals surface area contributed by atoms with E-state index in [1.54, 1.807) is 0 Å². The lowest BCUT2D eigenvalue weighted by atomic mass is 9.79. The van der Waals surface area contributed by atoms with Crippen molar-refractivity contribution in [1.82, 2.24) is 0 Å². The molecule has 0 unspecified atom stereocenters. The van der Waals surface area contributed by atoms with Crippen LogP contribution in [0, 0.1) is 6.92 Å². The Kier molecular flexibility index (Phi) is 5.49. The summed E-state index contributed by atoms with van der Waals surface area (Å²) in [6.07, 6.45) is 2.20. The van der Waals surface area contributed by atoms with E-state index < -0.39 is 0 Å². The van der Waals surface area contributed by atoms with Crippen LogP contribution in [0.4, 0.5) is 0 Å². The van der Waals surface area contributed by atoms with Gasteiger partial charge in [-0.25, -0.2) is 4.57 Å². The summed E-state index contributed by atoms with van der Waals surface area (Å²) in [5.41, 5.74) is 15.5. The van der Waals surface area contributed by atoms with E-state index in [2.05, 4.69) is 148 Å². The van der Waals surface area contributed by atoms with Crippen LogP contribution in [0.5, 0.6) is 0 Å². The Balaban J connectivity index is 1.59. The van der Waals surface area contributed by atoms with Crippen molar-refractivity contribution in [3.8, 4) is 55.8 Å². The fourth-order valence-electron chi connectivity index (χ4n) is 6.34. The molecule has 0 saturated carbocycles. The fourth-order valence-corrected chi connectivity index (χ4v) is 6.34. The van der Waals surface area contributed by atoms with Gasteiger partial charge >= 0.3 is 0 Å². The van der Waals surface area contributed by atoms with Crippen molar-refractivity contribution >= 4 is 10.8 Å². The number of fused-ring (bicyclic) bond motifs is 9. The average Bonchev–Trinajstić information content (AvgIpc) is 2.96. The van der Waals surface area contributed by atoms with E-state index in [9.17, 15) is 0 Å². The molecule has 39 heavy (non-hydrogen) atoms. The van der Waals surface area contributed by atoms with Gasteiger partial charge in [-0.3, -0.25) is 0 Å². The molecule has 0 N–H and O–H groups in total. The minimum Gasteiger partial charge on any atom is -0.200 e. The molecule has 1 heteroatoms. The molecule has 0 aliphatic heterocycles. The van der Waals surface area contributed by atoms with Gasteiger partial charge in [-0.15, -0.1) is 0 Å². The molecule has 0 bridgehead atoms. The van der Waals surface area contributed by atoms with Crippen molar-refractivity contribution in [2.75, 3.05) is 0 Å². The Morgan fingerprint density at radius 2 is 1.00 bits per heavy atom. The second-order valence-corrected chi connectivity index (χ2v) is 11.1. The van der Waals surface area contributed by atoms with Crippen LogP contribution in [-0.4, -0.2) is 0 Å². The van der Waals surface area contributed by atoms with E-state index in [1.807, 2.05) is 0 Å². The summed E-state index contributed by atoms with van der Waals surface area (Å²) in [4.78, 5) is 0. The van der Waals surface area contributed by atoms with Gasteiger partial charge in [-0.1, -0.05) is 98.8 Å². The zero-order valence-corrected chi connectivity index (χ0v) is 23.0. The Morgan fingerprint density at radius 3 is 1.51 bits per heavy atom. The molecule has 1 aliphatic rings. The Bertz CT molecular complexity index is 1910. The molecule has 0 atom stereocenters. The first-order chi connectivity index (χ1) is 19.0. The number of rotatable bonds is 2. The maximum atomic E-state index is 2.45. The van der Waals surface area contributed by atoms with E-state index in [4.69, 9.17) is 0 Å². The highest BCUT2D eigenvalue weighted by atomic mass is 14.9. The van der Waals surface area contributed by atoms with Crippen LogP contribution < -0.4 is 4.57 Å². The first kappa shape index (κ1) is 23.6. The normalized spacial score (nSPS) is 11.8. The topological polar surface area (TPSA) is 3.88 Å². The van der Waals surface area contributed by atoms with Crippen LogP contribution in [-0.2, 0) is 7.05 Å². The van der Waals surface area contributed by atoms with E-state index in [0.29, 0.717) is 5.92 Å². The summed E-state index contributed by atoms with van der Waals surface area (Å²) >= 11 is 0. The van der Waals surface area contributed by atoms with Crippen LogP contribution in [0.25, 0.3) is 66.5 Å². The second-order valence-electron chi connectivity index (χ2n) is 11.1.